The summed E-state index contributed by atoms with van der Waals surface area (Å²) < 4.78 is 39.5. The number of ether oxygens (including phenoxy) is 2. The molecule has 2 aliphatic rings. The van der Waals surface area contributed by atoms with Crippen LogP contribution in [0.15, 0.2) is 24.3 Å². The topological polar surface area (TPSA) is 79.4 Å². The molecule has 0 atom stereocenters. The third-order valence-electron chi connectivity index (χ3n) is 6.19. The van der Waals surface area contributed by atoms with E-state index >= 15 is 0 Å². The van der Waals surface area contributed by atoms with Crippen LogP contribution in [-0.2, 0) is 19.7 Å². The van der Waals surface area contributed by atoms with Gasteiger partial charge in [-0.15, -0.1) is 0 Å². The molecular formula is C22H35N3O5S. The molecular weight excluding hydrogens is 418 g/mol. The van der Waals surface area contributed by atoms with Crippen molar-refractivity contribution in [3.63, 3.8) is 0 Å². The summed E-state index contributed by atoms with van der Waals surface area (Å²) in [5, 5.41) is 0. The second-order valence-corrected chi connectivity index (χ2v) is 10.6. The van der Waals surface area contributed by atoms with Crippen molar-refractivity contribution in [3.05, 3.63) is 24.3 Å². The largest absolute Gasteiger partial charge is 0.491 e. The molecule has 2 aliphatic heterocycles. The number of piperidine rings is 1. The fourth-order valence-electron chi connectivity index (χ4n) is 4.30. The third-order valence-corrected chi connectivity index (χ3v) is 8.18. The van der Waals surface area contributed by atoms with E-state index in [4.69, 9.17) is 9.47 Å². The first-order valence-corrected chi connectivity index (χ1v) is 12.5. The molecule has 0 radical (unpaired) electrons. The molecule has 2 saturated heterocycles. The number of likely N-dealkylation sites (N-methyl/N-ethyl adjacent to an activating group) is 1. The summed E-state index contributed by atoms with van der Waals surface area (Å²) in [6.45, 7) is 8.48. The van der Waals surface area contributed by atoms with Gasteiger partial charge in [0.1, 0.15) is 5.75 Å². The van der Waals surface area contributed by atoms with Gasteiger partial charge in [0, 0.05) is 45.5 Å². The zero-order valence-corrected chi connectivity index (χ0v) is 19.9. The standard InChI is InChI=1S/C22H35N3O5S/c1-5-29-17-16-23(4)31(27,28)24-13-10-22(11-14-24)12-15-25(21(22)26)19-6-8-20(9-7-19)30-18(2)3/h6-9,18H,5,10-17H2,1-4H3. The summed E-state index contributed by atoms with van der Waals surface area (Å²) >= 11 is 0. The molecule has 2 heterocycles. The lowest BCUT2D eigenvalue weighted by Crippen LogP contribution is -2.50. The van der Waals surface area contributed by atoms with Crippen LogP contribution in [0.25, 0.3) is 0 Å². The Kier molecular flexibility index (Phi) is 7.62. The Morgan fingerprint density at radius 3 is 2.29 bits per heavy atom. The first kappa shape index (κ1) is 24.0. The molecule has 0 unspecified atom stereocenters. The smallest absolute Gasteiger partial charge is 0.281 e. The average Bonchev–Trinajstić information content (AvgIpc) is 3.04. The van der Waals surface area contributed by atoms with Crippen molar-refractivity contribution in [2.75, 3.05) is 51.3 Å². The predicted molar refractivity (Wildman–Crippen MR) is 120 cm³/mol. The van der Waals surface area contributed by atoms with Crippen molar-refractivity contribution in [2.24, 2.45) is 5.41 Å². The lowest BCUT2D eigenvalue weighted by molar-refractivity contribution is -0.127. The van der Waals surface area contributed by atoms with E-state index < -0.39 is 15.6 Å². The Morgan fingerprint density at radius 2 is 1.71 bits per heavy atom. The maximum Gasteiger partial charge on any atom is 0.281 e. The lowest BCUT2D eigenvalue weighted by Gasteiger charge is -2.38. The van der Waals surface area contributed by atoms with Gasteiger partial charge < -0.3 is 14.4 Å². The third kappa shape index (κ3) is 5.22. The SMILES string of the molecule is CCOCCN(C)S(=O)(=O)N1CCC2(CCN(c3ccc(OC(C)C)cc3)C2=O)CC1. The van der Waals surface area contributed by atoms with Gasteiger partial charge in [0.2, 0.25) is 5.91 Å². The van der Waals surface area contributed by atoms with Crippen molar-refractivity contribution >= 4 is 21.8 Å². The van der Waals surface area contributed by atoms with E-state index in [2.05, 4.69) is 0 Å². The van der Waals surface area contributed by atoms with Crippen LogP contribution < -0.4 is 9.64 Å². The maximum atomic E-state index is 13.3. The molecule has 0 bridgehead atoms. The number of amides is 1. The summed E-state index contributed by atoms with van der Waals surface area (Å²) in [6, 6.07) is 7.62. The van der Waals surface area contributed by atoms with Gasteiger partial charge in [-0.05, 0) is 64.3 Å². The molecule has 3 rings (SSSR count). The van der Waals surface area contributed by atoms with Crippen LogP contribution in [0, 0.1) is 5.41 Å². The molecule has 8 nitrogen and oxygen atoms in total. The molecule has 0 aliphatic carbocycles. The first-order valence-electron chi connectivity index (χ1n) is 11.1. The molecule has 31 heavy (non-hydrogen) atoms. The Morgan fingerprint density at radius 1 is 1.10 bits per heavy atom. The van der Waals surface area contributed by atoms with Crippen molar-refractivity contribution in [2.45, 2.75) is 46.1 Å². The van der Waals surface area contributed by atoms with Crippen molar-refractivity contribution < 1.29 is 22.7 Å². The lowest BCUT2D eigenvalue weighted by atomic mass is 9.77. The van der Waals surface area contributed by atoms with Gasteiger partial charge in [-0.2, -0.15) is 17.0 Å². The Bertz CT molecular complexity index is 848. The molecule has 0 N–H and O–H groups in total. The molecule has 2 fully saturated rings. The maximum absolute atomic E-state index is 13.3. The highest BCUT2D eigenvalue weighted by molar-refractivity contribution is 7.86. The first-order chi connectivity index (χ1) is 14.7. The number of nitrogens with zero attached hydrogens (tertiary/aromatic N) is 3. The zero-order chi connectivity index (χ0) is 22.6. The van der Waals surface area contributed by atoms with Crippen molar-refractivity contribution in [1.82, 2.24) is 8.61 Å². The highest BCUT2D eigenvalue weighted by Crippen LogP contribution is 2.43. The molecule has 1 amide bonds. The van der Waals surface area contributed by atoms with E-state index in [0.29, 0.717) is 52.2 Å². The second kappa shape index (κ2) is 9.85. The fraction of sp³-hybridized carbons (Fsp3) is 0.682. The minimum absolute atomic E-state index is 0.0993. The Hall–Kier alpha value is -1.68. The Balaban J connectivity index is 1.61. The molecule has 1 aromatic carbocycles. The summed E-state index contributed by atoms with van der Waals surface area (Å²) in [6.07, 6.45) is 1.96. The van der Waals surface area contributed by atoms with Crippen molar-refractivity contribution in [3.8, 4) is 5.75 Å². The van der Waals surface area contributed by atoms with Crippen LogP contribution >= 0.6 is 0 Å². The second-order valence-electron chi connectivity index (χ2n) is 8.57. The molecule has 1 spiro atoms. The summed E-state index contributed by atoms with van der Waals surface area (Å²) in [7, 11) is -1.96. The van der Waals surface area contributed by atoms with Crippen LogP contribution in [0.5, 0.6) is 5.75 Å². The quantitative estimate of drug-likeness (QED) is 0.537. The zero-order valence-electron chi connectivity index (χ0n) is 19.0. The van der Waals surface area contributed by atoms with E-state index in [-0.39, 0.29) is 12.0 Å². The number of hydrogen-bond acceptors (Lipinski definition) is 5. The van der Waals surface area contributed by atoms with Gasteiger partial charge in [0.25, 0.3) is 10.2 Å². The number of carbonyl (C=O) groups is 1. The average molecular weight is 454 g/mol. The molecule has 0 saturated carbocycles. The van der Waals surface area contributed by atoms with E-state index in [1.807, 2.05) is 49.9 Å². The van der Waals surface area contributed by atoms with Crippen LogP contribution in [-0.4, -0.2) is 75.5 Å². The van der Waals surface area contributed by atoms with Crippen LogP contribution in [0.4, 0.5) is 5.69 Å². The number of hydrogen-bond donors (Lipinski definition) is 0. The van der Waals surface area contributed by atoms with Gasteiger partial charge in [0.05, 0.1) is 18.1 Å². The van der Waals surface area contributed by atoms with Gasteiger partial charge in [-0.25, -0.2) is 0 Å². The number of rotatable bonds is 9. The summed E-state index contributed by atoms with van der Waals surface area (Å²) in [5.41, 5.74) is 0.395. The fourth-order valence-corrected chi connectivity index (χ4v) is 5.65. The van der Waals surface area contributed by atoms with Crippen molar-refractivity contribution in [1.29, 1.82) is 0 Å². The van der Waals surface area contributed by atoms with Crippen LogP contribution in [0.3, 0.4) is 0 Å². The minimum Gasteiger partial charge on any atom is -0.491 e. The summed E-state index contributed by atoms with van der Waals surface area (Å²) in [5.74, 6) is 0.888. The van der Waals surface area contributed by atoms with E-state index in [9.17, 15) is 13.2 Å². The number of anilines is 1. The van der Waals surface area contributed by atoms with Crippen LogP contribution in [0.1, 0.15) is 40.0 Å². The number of benzene rings is 1. The number of carbonyl (C=O) groups excluding carboxylic acids is 1. The van der Waals surface area contributed by atoms with Gasteiger partial charge in [-0.3, -0.25) is 4.79 Å². The summed E-state index contributed by atoms with van der Waals surface area (Å²) in [4.78, 5) is 15.1. The molecule has 174 valence electrons. The van der Waals surface area contributed by atoms with Gasteiger partial charge >= 0.3 is 0 Å². The normalized spacial score (nSPS) is 19.7. The molecule has 1 aromatic rings. The minimum atomic E-state index is -3.54. The van der Waals surface area contributed by atoms with Gasteiger partial charge in [-0.1, -0.05) is 0 Å². The molecule has 9 heteroatoms. The molecule has 0 aromatic heterocycles. The monoisotopic (exact) mass is 453 g/mol. The van der Waals surface area contributed by atoms with E-state index in [1.54, 1.807) is 7.05 Å². The predicted octanol–water partition coefficient (Wildman–Crippen LogP) is 2.51. The van der Waals surface area contributed by atoms with E-state index in [0.717, 1.165) is 17.9 Å². The van der Waals surface area contributed by atoms with Crippen LogP contribution in [0.2, 0.25) is 0 Å². The highest BCUT2D eigenvalue weighted by atomic mass is 32.2. The van der Waals surface area contributed by atoms with Gasteiger partial charge in [0.15, 0.2) is 0 Å². The van der Waals surface area contributed by atoms with E-state index in [1.165, 1.54) is 8.61 Å². The highest BCUT2D eigenvalue weighted by Gasteiger charge is 2.50. The Labute approximate surface area is 186 Å².